The molecule has 15 heavy (non-hydrogen) atoms. The summed E-state index contributed by atoms with van der Waals surface area (Å²) in [6, 6.07) is -0.616. The highest BCUT2D eigenvalue weighted by molar-refractivity contribution is 5.83. The van der Waals surface area contributed by atoms with Crippen LogP contribution in [0.1, 0.15) is 6.92 Å². The van der Waals surface area contributed by atoms with Crippen LogP contribution in [0.25, 0.3) is 0 Å². The lowest BCUT2D eigenvalue weighted by Crippen LogP contribution is -2.38. The fourth-order valence-corrected chi connectivity index (χ4v) is 0.933. The molecular formula is C7H11N5O3. The number of hydrogen-bond donors (Lipinski definition) is 4. The standard InChI is InChI=1S/C7H11N5O3/c1-3(5(13)8-2)9-4-6(14)10-7(15)12-11-4/h3H,1-2H3,(H,8,13)(H,9,11)(H2,10,12,14,15). The summed E-state index contributed by atoms with van der Waals surface area (Å²) < 4.78 is 0. The zero-order valence-corrected chi connectivity index (χ0v) is 8.25. The molecule has 0 aliphatic rings. The van der Waals surface area contributed by atoms with Crippen molar-refractivity contribution < 1.29 is 4.79 Å². The Hall–Kier alpha value is -2.12. The van der Waals surface area contributed by atoms with Gasteiger partial charge < -0.3 is 10.6 Å². The van der Waals surface area contributed by atoms with E-state index in [1.54, 1.807) is 6.92 Å². The van der Waals surface area contributed by atoms with Gasteiger partial charge in [-0.1, -0.05) is 0 Å². The molecule has 1 atom stereocenters. The van der Waals surface area contributed by atoms with Crippen molar-refractivity contribution in [3.8, 4) is 0 Å². The van der Waals surface area contributed by atoms with Crippen LogP contribution in [0, 0.1) is 0 Å². The molecule has 82 valence electrons. The van der Waals surface area contributed by atoms with E-state index < -0.39 is 17.3 Å². The zero-order valence-electron chi connectivity index (χ0n) is 8.25. The van der Waals surface area contributed by atoms with Crippen molar-refractivity contribution in [3.63, 3.8) is 0 Å². The minimum Gasteiger partial charge on any atom is -0.357 e. The van der Waals surface area contributed by atoms with Crippen molar-refractivity contribution in [2.24, 2.45) is 0 Å². The molecule has 0 spiro atoms. The summed E-state index contributed by atoms with van der Waals surface area (Å²) >= 11 is 0. The molecule has 8 heteroatoms. The van der Waals surface area contributed by atoms with Gasteiger partial charge in [-0.15, -0.1) is 5.10 Å². The molecule has 0 saturated heterocycles. The van der Waals surface area contributed by atoms with Crippen molar-refractivity contribution >= 4 is 11.7 Å². The molecule has 0 radical (unpaired) electrons. The summed E-state index contributed by atoms with van der Waals surface area (Å²) in [6.45, 7) is 1.56. The molecule has 1 rings (SSSR count). The summed E-state index contributed by atoms with van der Waals surface area (Å²) in [5.41, 5.74) is -1.37. The first-order chi connectivity index (χ1) is 7.04. The number of rotatable bonds is 3. The van der Waals surface area contributed by atoms with Gasteiger partial charge in [0.25, 0.3) is 5.56 Å². The van der Waals surface area contributed by atoms with Crippen molar-refractivity contribution in [2.45, 2.75) is 13.0 Å². The van der Waals surface area contributed by atoms with Crippen molar-refractivity contribution in [1.29, 1.82) is 0 Å². The van der Waals surface area contributed by atoms with Gasteiger partial charge in [0, 0.05) is 7.05 Å². The number of aromatic amines is 2. The highest BCUT2D eigenvalue weighted by Crippen LogP contribution is 1.92. The Morgan fingerprint density at radius 1 is 1.47 bits per heavy atom. The van der Waals surface area contributed by atoms with Crippen LogP contribution in [0.4, 0.5) is 5.82 Å². The lowest BCUT2D eigenvalue weighted by atomic mass is 10.3. The third-order valence-electron chi connectivity index (χ3n) is 1.70. The molecule has 8 nitrogen and oxygen atoms in total. The van der Waals surface area contributed by atoms with Crippen LogP contribution in [0.15, 0.2) is 9.59 Å². The number of carbonyl (C=O) groups is 1. The predicted molar refractivity (Wildman–Crippen MR) is 52.6 cm³/mol. The van der Waals surface area contributed by atoms with Gasteiger partial charge in [0.15, 0.2) is 0 Å². The summed E-state index contributed by atoms with van der Waals surface area (Å²) in [7, 11) is 1.48. The van der Waals surface area contributed by atoms with E-state index >= 15 is 0 Å². The number of amides is 1. The minimum atomic E-state index is -0.696. The number of hydrogen-bond acceptors (Lipinski definition) is 5. The van der Waals surface area contributed by atoms with Gasteiger partial charge >= 0.3 is 5.69 Å². The van der Waals surface area contributed by atoms with Crippen LogP contribution < -0.4 is 21.9 Å². The summed E-state index contributed by atoms with van der Waals surface area (Å²) in [5, 5.41) is 10.5. The first-order valence-corrected chi connectivity index (χ1v) is 4.21. The molecule has 0 aliphatic heterocycles. The number of likely N-dealkylation sites (N-methyl/N-ethyl adjacent to an activating group) is 1. The van der Waals surface area contributed by atoms with Gasteiger partial charge in [0.2, 0.25) is 11.7 Å². The first-order valence-electron chi connectivity index (χ1n) is 4.21. The fourth-order valence-electron chi connectivity index (χ4n) is 0.933. The molecule has 0 aromatic carbocycles. The minimum absolute atomic E-state index is 0.106. The summed E-state index contributed by atoms with van der Waals surface area (Å²) in [4.78, 5) is 34.9. The molecule has 1 unspecified atom stereocenters. The van der Waals surface area contributed by atoms with Crippen molar-refractivity contribution in [2.75, 3.05) is 12.4 Å². The third-order valence-corrected chi connectivity index (χ3v) is 1.70. The van der Waals surface area contributed by atoms with Gasteiger partial charge in [-0.25, -0.2) is 9.89 Å². The molecule has 1 heterocycles. The molecule has 0 aliphatic carbocycles. The summed E-state index contributed by atoms with van der Waals surface area (Å²) in [5.74, 6) is -0.395. The van der Waals surface area contributed by atoms with Crippen LogP contribution >= 0.6 is 0 Å². The Balaban J connectivity index is 2.86. The van der Waals surface area contributed by atoms with Gasteiger partial charge in [0.05, 0.1) is 0 Å². The van der Waals surface area contributed by atoms with Gasteiger partial charge in [-0.2, -0.15) is 0 Å². The zero-order chi connectivity index (χ0) is 11.4. The molecule has 4 N–H and O–H groups in total. The maximum Gasteiger partial charge on any atom is 0.342 e. The summed E-state index contributed by atoms with van der Waals surface area (Å²) in [6.07, 6.45) is 0. The monoisotopic (exact) mass is 213 g/mol. The number of nitrogens with one attached hydrogen (secondary N) is 4. The molecule has 0 saturated carbocycles. The van der Waals surface area contributed by atoms with Crippen molar-refractivity contribution in [1.82, 2.24) is 20.5 Å². The van der Waals surface area contributed by atoms with E-state index in [9.17, 15) is 14.4 Å². The second-order valence-electron chi connectivity index (χ2n) is 2.84. The molecule has 0 bridgehead atoms. The second-order valence-corrected chi connectivity index (χ2v) is 2.84. The third kappa shape index (κ3) is 2.66. The number of H-pyrrole nitrogens is 2. The molecule has 0 fully saturated rings. The Morgan fingerprint density at radius 2 is 2.13 bits per heavy atom. The Morgan fingerprint density at radius 3 is 2.67 bits per heavy atom. The lowest BCUT2D eigenvalue weighted by molar-refractivity contribution is -0.121. The van der Waals surface area contributed by atoms with E-state index in [0.29, 0.717) is 0 Å². The number of carbonyl (C=O) groups excluding carboxylic acids is 1. The van der Waals surface area contributed by atoms with E-state index in [0.717, 1.165) is 0 Å². The van der Waals surface area contributed by atoms with E-state index in [2.05, 4.69) is 15.7 Å². The van der Waals surface area contributed by atoms with Gasteiger partial charge in [-0.05, 0) is 6.92 Å². The molecular weight excluding hydrogens is 202 g/mol. The normalized spacial score (nSPS) is 11.9. The second kappa shape index (κ2) is 4.40. The SMILES string of the molecule is CNC(=O)C(C)Nc1n[nH]c(=O)[nH]c1=O. The van der Waals surface area contributed by atoms with Gasteiger partial charge in [-0.3, -0.25) is 14.6 Å². The predicted octanol–water partition coefficient (Wildman–Crippen LogP) is -2.00. The molecule has 1 aromatic rings. The topological polar surface area (TPSA) is 120 Å². The number of nitrogens with zero attached hydrogens (tertiary/aromatic N) is 1. The number of anilines is 1. The van der Waals surface area contributed by atoms with E-state index in [4.69, 9.17) is 0 Å². The van der Waals surface area contributed by atoms with E-state index in [-0.39, 0.29) is 11.7 Å². The van der Waals surface area contributed by atoms with Crippen LogP contribution in [0.3, 0.4) is 0 Å². The molecule has 1 aromatic heterocycles. The average molecular weight is 213 g/mol. The maximum atomic E-state index is 11.2. The maximum absolute atomic E-state index is 11.2. The average Bonchev–Trinajstić information content (AvgIpc) is 2.20. The van der Waals surface area contributed by atoms with Crippen LogP contribution in [-0.2, 0) is 4.79 Å². The largest absolute Gasteiger partial charge is 0.357 e. The van der Waals surface area contributed by atoms with E-state index in [1.165, 1.54) is 7.05 Å². The van der Waals surface area contributed by atoms with Crippen LogP contribution in [-0.4, -0.2) is 34.2 Å². The Labute approximate surface area is 84.1 Å². The smallest absolute Gasteiger partial charge is 0.342 e. The van der Waals surface area contributed by atoms with Gasteiger partial charge in [0.1, 0.15) is 6.04 Å². The Bertz CT molecular complexity index is 462. The highest BCUT2D eigenvalue weighted by Gasteiger charge is 2.12. The first kappa shape index (κ1) is 11.0. The van der Waals surface area contributed by atoms with Crippen LogP contribution in [0.2, 0.25) is 0 Å². The Kier molecular flexibility index (Phi) is 3.21. The van der Waals surface area contributed by atoms with E-state index in [1.807, 2.05) is 10.1 Å². The quantitative estimate of drug-likeness (QED) is 0.463. The highest BCUT2D eigenvalue weighted by atomic mass is 16.2. The fraction of sp³-hybridized carbons (Fsp3) is 0.429. The lowest BCUT2D eigenvalue weighted by Gasteiger charge is -2.10. The van der Waals surface area contributed by atoms with Crippen LogP contribution in [0.5, 0.6) is 0 Å². The number of aromatic nitrogens is 3. The molecule has 1 amide bonds. The van der Waals surface area contributed by atoms with Crippen molar-refractivity contribution in [3.05, 3.63) is 20.8 Å².